The highest BCUT2D eigenvalue weighted by Crippen LogP contribution is 2.54. The van der Waals surface area contributed by atoms with Crippen molar-refractivity contribution >= 4 is 244 Å². The SMILES string of the molecule is Cc1cc(N(c2ccccn2)c2cccc3ccccc23)c2ccc3c(C)cc(N(c4ccccn4)c4cccc5ccccc45)c4ccc1c2c34.Cc1ccc(N(c2ccccc2)c2ccc3ccc4c(N(c5ccccc5)c5ccc(I)cn5)ccc5ccc2c3c54)nc1.c1ccc(N(c2ccccc2)c2ccc3ccc4c(N(c5ccccc5)c5ccccc5)ccc5ccc2c3c54)cc1. The summed E-state index contributed by atoms with van der Waals surface area (Å²) in [4.78, 5) is 33.5. The molecule has 0 N–H and O–H groups in total. The molecule has 0 saturated heterocycles. The Balaban J connectivity index is 0.000000113. The van der Waals surface area contributed by atoms with Crippen LogP contribution in [0.15, 0.2) is 486 Å². The van der Waals surface area contributed by atoms with E-state index in [2.05, 4.69) is 522 Å². The molecule has 0 aliphatic heterocycles. The van der Waals surface area contributed by atoms with Gasteiger partial charge >= 0.3 is 0 Å². The first kappa shape index (κ1) is 83.7. The van der Waals surface area contributed by atoms with Gasteiger partial charge in [-0.15, -0.1) is 0 Å². The molecule has 26 aromatic rings. The Kier molecular flexibility index (Phi) is 21.7. The first-order chi connectivity index (χ1) is 68.2. The Morgan fingerprint density at radius 3 is 0.783 bits per heavy atom. The average molecular weight is 1880 g/mol. The molecule has 10 nitrogen and oxygen atoms in total. The van der Waals surface area contributed by atoms with Crippen LogP contribution in [-0.2, 0) is 0 Å². The number of rotatable bonds is 18. The first-order valence-corrected chi connectivity index (χ1v) is 47.8. The Morgan fingerprint density at radius 1 is 0.174 bits per heavy atom. The van der Waals surface area contributed by atoms with E-state index in [0.29, 0.717) is 0 Å². The third-order valence-corrected chi connectivity index (χ3v) is 27.5. The van der Waals surface area contributed by atoms with Crippen LogP contribution in [0.3, 0.4) is 0 Å². The highest BCUT2D eigenvalue weighted by molar-refractivity contribution is 14.1. The molecule has 0 aliphatic carbocycles. The number of hydrogen-bond acceptors (Lipinski definition) is 10. The van der Waals surface area contributed by atoms with Crippen LogP contribution in [0.4, 0.5) is 103 Å². The first-order valence-electron chi connectivity index (χ1n) is 46.7. The second-order valence-electron chi connectivity index (χ2n) is 35.1. The number of hydrogen-bond donors (Lipinski definition) is 0. The molecule has 138 heavy (non-hydrogen) atoms. The van der Waals surface area contributed by atoms with Crippen molar-refractivity contribution in [2.24, 2.45) is 0 Å². The fourth-order valence-electron chi connectivity index (χ4n) is 20.7. The molecule has 0 bridgehead atoms. The number of pyridine rings is 4. The Bertz CT molecular complexity index is 8330. The van der Waals surface area contributed by atoms with E-state index in [-0.39, 0.29) is 0 Å². The average Bonchev–Trinajstić information content (AvgIpc) is 0.732. The lowest BCUT2D eigenvalue weighted by Crippen LogP contribution is -2.14. The molecule has 0 radical (unpaired) electrons. The third-order valence-electron chi connectivity index (χ3n) is 26.9. The summed E-state index contributed by atoms with van der Waals surface area (Å²) in [6.07, 6.45) is 7.62. The molecule has 654 valence electrons. The molecular formula is C127H89IN10. The summed E-state index contributed by atoms with van der Waals surface area (Å²) in [5.41, 5.74) is 19.2. The quantitative estimate of drug-likeness (QED) is 0.0613. The Morgan fingerprint density at radius 2 is 0.449 bits per heavy atom. The summed E-state index contributed by atoms with van der Waals surface area (Å²) in [5, 5.41) is 27.0. The van der Waals surface area contributed by atoms with Gasteiger partial charge in [-0.1, -0.05) is 297 Å². The number of benzene rings is 22. The molecule has 0 fully saturated rings. The zero-order chi connectivity index (χ0) is 92.3. The summed E-state index contributed by atoms with van der Waals surface area (Å²) >= 11 is 2.31. The number of fused-ring (bicyclic) bond motifs is 2. The summed E-state index contributed by atoms with van der Waals surface area (Å²) in [5.74, 6) is 3.52. The predicted molar refractivity (Wildman–Crippen MR) is 592 cm³/mol. The van der Waals surface area contributed by atoms with Crippen LogP contribution in [0.1, 0.15) is 16.7 Å². The second kappa shape index (κ2) is 35.9. The number of aryl methyl sites for hydroxylation is 3. The fourth-order valence-corrected chi connectivity index (χ4v) is 21.0. The van der Waals surface area contributed by atoms with Crippen LogP contribution in [0.2, 0.25) is 0 Å². The second-order valence-corrected chi connectivity index (χ2v) is 36.4. The van der Waals surface area contributed by atoms with Gasteiger partial charge in [0.1, 0.15) is 23.3 Å². The van der Waals surface area contributed by atoms with Crippen molar-refractivity contribution < 1.29 is 0 Å². The highest BCUT2D eigenvalue weighted by atomic mass is 127. The monoisotopic (exact) mass is 1880 g/mol. The lowest BCUT2D eigenvalue weighted by molar-refractivity contribution is 1.17. The largest absolute Gasteiger partial charge is 0.310 e. The Labute approximate surface area is 813 Å². The molecule has 11 heteroatoms. The van der Waals surface area contributed by atoms with Crippen LogP contribution in [0.25, 0.3) is 118 Å². The highest BCUT2D eigenvalue weighted by Gasteiger charge is 2.30. The van der Waals surface area contributed by atoms with Crippen molar-refractivity contribution in [3.8, 4) is 0 Å². The molecule has 0 atom stereocenters. The van der Waals surface area contributed by atoms with Crippen molar-refractivity contribution in [3.63, 3.8) is 0 Å². The van der Waals surface area contributed by atoms with Gasteiger partial charge in [0.25, 0.3) is 0 Å². The molecule has 0 saturated carbocycles. The topological polar surface area (TPSA) is 71.0 Å². The van der Waals surface area contributed by atoms with Gasteiger partial charge in [-0.05, 0) is 299 Å². The van der Waals surface area contributed by atoms with Crippen molar-refractivity contribution in [3.05, 3.63) is 506 Å². The summed E-state index contributed by atoms with van der Waals surface area (Å²) in [6.45, 7) is 6.54. The summed E-state index contributed by atoms with van der Waals surface area (Å²) in [7, 11) is 0. The van der Waals surface area contributed by atoms with E-state index in [1.54, 1.807) is 0 Å². The molecule has 4 heterocycles. The van der Waals surface area contributed by atoms with Gasteiger partial charge in [-0.25, -0.2) is 19.9 Å². The van der Waals surface area contributed by atoms with E-state index >= 15 is 0 Å². The molecule has 22 aromatic carbocycles. The maximum Gasteiger partial charge on any atom is 0.137 e. The molecule has 0 unspecified atom stereocenters. The molecule has 0 amide bonds. The number of anilines is 18. The normalized spacial score (nSPS) is 11.5. The minimum Gasteiger partial charge on any atom is -0.310 e. The number of nitrogens with zero attached hydrogens (tertiary/aromatic N) is 10. The van der Waals surface area contributed by atoms with Crippen LogP contribution in [0, 0.1) is 24.3 Å². The van der Waals surface area contributed by atoms with Crippen LogP contribution < -0.4 is 29.4 Å². The predicted octanol–water partition coefficient (Wildman–Crippen LogP) is 36.0. The molecular weight excluding hydrogens is 1790 g/mol. The van der Waals surface area contributed by atoms with Gasteiger partial charge in [0, 0.05) is 106 Å². The zero-order valence-corrected chi connectivity index (χ0v) is 78.2. The van der Waals surface area contributed by atoms with Gasteiger partial charge in [0.2, 0.25) is 0 Å². The van der Waals surface area contributed by atoms with E-state index in [9.17, 15) is 0 Å². The van der Waals surface area contributed by atoms with Crippen molar-refractivity contribution in [1.82, 2.24) is 19.9 Å². The van der Waals surface area contributed by atoms with E-state index in [0.717, 1.165) is 101 Å². The number of halogens is 1. The number of para-hydroxylation sites is 6. The maximum absolute atomic E-state index is 4.93. The molecule has 26 rings (SSSR count). The van der Waals surface area contributed by atoms with E-state index in [1.165, 1.54) is 141 Å². The van der Waals surface area contributed by atoms with Crippen molar-refractivity contribution in [1.29, 1.82) is 0 Å². The standard InChI is InChI=1S/C48H34N4.C40H28N2.C39H27IN4/c1-31-29-43(51(45-21-7-9-27-49-45)41-19-11-15-33-13-3-5-17-37(33)41)39-26-24-36-32(2)30-44(40-25-23-35(31)47(39)48(36)40)52(46-22-8-10-28-50-46)42-20-12-16-34-14-4-6-18-38(34)42;1-5-13-31(14-6-1)41(32-15-7-2-8-16-32)37-27-23-29-22-26-36-38(28-24-30-21-25-35(37)39(29)40(30)36)42(33-17-9-3-10-18-33)34-19-11-4-12-20-34;1-26-12-22-36(41-24-26)43(30-8-4-2-5-9-30)34-20-15-27-14-19-33-35(21-16-28-13-18-32(34)38(27)39(28)33)44(31-10-6-3-7-11-31)37-23-17-29(40)25-42-37/h3-30H,1-2H3;1-28H;2-25H,1H3. The van der Waals surface area contributed by atoms with Crippen LogP contribution in [0.5, 0.6) is 0 Å². The van der Waals surface area contributed by atoms with Crippen LogP contribution in [-0.4, -0.2) is 19.9 Å². The van der Waals surface area contributed by atoms with E-state index in [4.69, 9.17) is 19.9 Å². The van der Waals surface area contributed by atoms with Crippen LogP contribution >= 0.6 is 22.6 Å². The van der Waals surface area contributed by atoms with E-state index < -0.39 is 0 Å². The summed E-state index contributed by atoms with van der Waals surface area (Å²) < 4.78 is 1.10. The molecule has 0 aliphatic rings. The minimum atomic E-state index is 0.877. The maximum atomic E-state index is 4.93. The molecule has 4 aromatic heterocycles. The smallest absolute Gasteiger partial charge is 0.137 e. The third kappa shape index (κ3) is 15.0. The van der Waals surface area contributed by atoms with Crippen molar-refractivity contribution in [2.45, 2.75) is 20.8 Å². The number of aromatic nitrogens is 4. The molecule has 0 spiro atoms. The lowest BCUT2D eigenvalue weighted by atomic mass is 9.88. The van der Waals surface area contributed by atoms with Gasteiger partial charge < -0.3 is 9.80 Å². The van der Waals surface area contributed by atoms with Crippen molar-refractivity contribution in [2.75, 3.05) is 29.4 Å². The lowest BCUT2D eigenvalue weighted by Gasteiger charge is -2.30. The van der Waals surface area contributed by atoms with Gasteiger partial charge in [-0.2, -0.15) is 0 Å². The Hall–Kier alpha value is -17.4. The van der Waals surface area contributed by atoms with E-state index in [1.807, 2.05) is 36.9 Å². The van der Waals surface area contributed by atoms with Gasteiger partial charge in [-0.3, -0.25) is 19.6 Å². The minimum absolute atomic E-state index is 0.877. The van der Waals surface area contributed by atoms with Gasteiger partial charge in [0.15, 0.2) is 0 Å². The van der Waals surface area contributed by atoms with Gasteiger partial charge in [0.05, 0.1) is 45.5 Å². The zero-order valence-electron chi connectivity index (χ0n) is 76.0. The summed E-state index contributed by atoms with van der Waals surface area (Å²) in [6, 6.07) is 165. The fraction of sp³-hybridized carbons (Fsp3) is 0.0236.